The molecule has 0 bridgehead atoms. The summed E-state index contributed by atoms with van der Waals surface area (Å²) in [5, 5.41) is 0. The Kier molecular flexibility index (Phi) is 6.67. The summed E-state index contributed by atoms with van der Waals surface area (Å²) in [6, 6.07) is 29.8. The van der Waals surface area contributed by atoms with E-state index in [2.05, 4.69) is 11.8 Å². The monoisotopic (exact) mass is 442 g/mol. The predicted molar refractivity (Wildman–Crippen MR) is 129 cm³/mol. The Labute approximate surface area is 196 Å². The largest absolute Gasteiger partial charge is 0.285 e. The molecule has 4 rings (SSSR count). The van der Waals surface area contributed by atoms with Crippen LogP contribution in [0.15, 0.2) is 109 Å². The number of hydrogen-bond donors (Lipinski definition) is 0. The molecular formula is C30H18O4. The van der Waals surface area contributed by atoms with E-state index in [9.17, 15) is 19.2 Å². The van der Waals surface area contributed by atoms with Crippen LogP contribution in [0.2, 0.25) is 0 Å². The first-order valence-electron chi connectivity index (χ1n) is 10.5. The van der Waals surface area contributed by atoms with Crippen molar-refractivity contribution in [3.8, 4) is 11.8 Å². The van der Waals surface area contributed by atoms with E-state index in [1.165, 1.54) is 0 Å². The number of hydrogen-bond acceptors (Lipinski definition) is 4. The Bertz CT molecular complexity index is 1310. The summed E-state index contributed by atoms with van der Waals surface area (Å²) in [6.45, 7) is 0. The molecular weight excluding hydrogens is 424 g/mol. The van der Waals surface area contributed by atoms with Crippen LogP contribution < -0.4 is 0 Å². The Morgan fingerprint density at radius 2 is 0.618 bits per heavy atom. The lowest BCUT2D eigenvalue weighted by molar-refractivity contribution is 0.0817. The number of ketones is 4. The summed E-state index contributed by atoms with van der Waals surface area (Å²) < 4.78 is 0. The molecule has 0 radical (unpaired) electrons. The van der Waals surface area contributed by atoms with Crippen molar-refractivity contribution >= 4 is 23.1 Å². The normalized spacial score (nSPS) is 10.0. The lowest BCUT2D eigenvalue weighted by atomic mass is 10.00. The standard InChI is InChI=1S/C30H18O4/c31-27(23-7-3-1-4-8-23)29(33)25-17-13-21(14-18-25)11-12-22-15-19-26(20-16-22)30(34)28(32)24-9-5-2-6-10-24/h1-10,13-20H. The van der Waals surface area contributed by atoms with Crippen LogP contribution in [0.5, 0.6) is 0 Å². The van der Waals surface area contributed by atoms with Crippen molar-refractivity contribution in [2.45, 2.75) is 0 Å². The third kappa shape index (κ3) is 5.12. The molecule has 0 fully saturated rings. The van der Waals surface area contributed by atoms with Gasteiger partial charge in [0.05, 0.1) is 0 Å². The maximum absolute atomic E-state index is 12.4. The topological polar surface area (TPSA) is 68.3 Å². The van der Waals surface area contributed by atoms with Crippen LogP contribution in [0, 0.1) is 11.8 Å². The van der Waals surface area contributed by atoms with Crippen molar-refractivity contribution in [3.05, 3.63) is 143 Å². The molecule has 0 aromatic heterocycles. The minimum Gasteiger partial charge on any atom is -0.285 e. The average Bonchev–Trinajstić information content (AvgIpc) is 2.92. The van der Waals surface area contributed by atoms with Gasteiger partial charge in [-0.15, -0.1) is 0 Å². The van der Waals surface area contributed by atoms with Crippen LogP contribution in [0.4, 0.5) is 0 Å². The van der Waals surface area contributed by atoms with Crippen LogP contribution >= 0.6 is 0 Å². The van der Waals surface area contributed by atoms with E-state index >= 15 is 0 Å². The fourth-order valence-corrected chi connectivity index (χ4v) is 3.26. The van der Waals surface area contributed by atoms with Gasteiger partial charge in [-0.25, -0.2) is 0 Å². The average molecular weight is 442 g/mol. The highest BCUT2D eigenvalue weighted by molar-refractivity contribution is 6.49. The third-order valence-electron chi connectivity index (χ3n) is 5.13. The highest BCUT2D eigenvalue weighted by Gasteiger charge is 2.18. The molecule has 0 saturated heterocycles. The molecule has 4 aromatic rings. The molecule has 0 saturated carbocycles. The molecule has 0 spiro atoms. The van der Waals surface area contributed by atoms with E-state index in [0.29, 0.717) is 33.4 Å². The van der Waals surface area contributed by atoms with Crippen molar-refractivity contribution in [2.75, 3.05) is 0 Å². The van der Waals surface area contributed by atoms with Gasteiger partial charge in [-0.3, -0.25) is 19.2 Å². The molecule has 0 aliphatic carbocycles. The van der Waals surface area contributed by atoms with Gasteiger partial charge in [0.1, 0.15) is 0 Å². The van der Waals surface area contributed by atoms with E-state index in [-0.39, 0.29) is 0 Å². The Balaban J connectivity index is 1.43. The number of rotatable bonds is 6. The SMILES string of the molecule is O=C(C(=O)c1ccc(C#Cc2ccc(C(=O)C(=O)c3ccccc3)cc2)cc1)c1ccccc1. The first kappa shape index (κ1) is 22.3. The Hall–Kier alpha value is -4.88. The van der Waals surface area contributed by atoms with Crippen LogP contribution in [0.3, 0.4) is 0 Å². The number of benzene rings is 4. The Morgan fingerprint density at radius 3 is 0.912 bits per heavy atom. The minimum atomic E-state index is -0.573. The second-order valence-corrected chi connectivity index (χ2v) is 7.45. The van der Waals surface area contributed by atoms with Gasteiger partial charge in [-0.05, 0) is 48.5 Å². The predicted octanol–water partition coefficient (Wildman–Crippen LogP) is 5.22. The van der Waals surface area contributed by atoms with Gasteiger partial charge in [0.2, 0.25) is 23.1 Å². The van der Waals surface area contributed by atoms with Crippen molar-refractivity contribution in [2.24, 2.45) is 0 Å². The number of Topliss-reactive ketones (excluding diaryl/α,β-unsaturated/α-hetero) is 4. The van der Waals surface area contributed by atoms with Gasteiger partial charge in [0.15, 0.2) is 0 Å². The molecule has 162 valence electrons. The molecule has 0 heterocycles. The maximum atomic E-state index is 12.4. The van der Waals surface area contributed by atoms with Gasteiger partial charge in [-0.1, -0.05) is 72.5 Å². The van der Waals surface area contributed by atoms with E-state index < -0.39 is 23.1 Å². The van der Waals surface area contributed by atoms with Gasteiger partial charge < -0.3 is 0 Å². The smallest absolute Gasteiger partial charge is 0.233 e. The van der Waals surface area contributed by atoms with E-state index in [4.69, 9.17) is 0 Å². The van der Waals surface area contributed by atoms with E-state index in [1.807, 2.05) is 0 Å². The van der Waals surface area contributed by atoms with Gasteiger partial charge >= 0.3 is 0 Å². The number of carbonyl (C=O) groups is 4. The van der Waals surface area contributed by atoms with Crippen molar-refractivity contribution in [1.29, 1.82) is 0 Å². The molecule has 34 heavy (non-hydrogen) atoms. The van der Waals surface area contributed by atoms with Crippen molar-refractivity contribution < 1.29 is 19.2 Å². The fraction of sp³-hybridized carbons (Fsp3) is 0. The molecule has 0 N–H and O–H groups in total. The lowest BCUT2D eigenvalue weighted by Gasteiger charge is -2.01. The van der Waals surface area contributed by atoms with Crippen LogP contribution in [0.1, 0.15) is 52.6 Å². The van der Waals surface area contributed by atoms with E-state index in [0.717, 1.165) is 0 Å². The summed E-state index contributed by atoms with van der Waals surface area (Å²) in [5.74, 6) is 3.72. The quantitative estimate of drug-likeness (QED) is 0.233. The second kappa shape index (κ2) is 10.2. The molecule has 0 atom stereocenters. The molecule has 4 aromatic carbocycles. The molecule has 0 aliphatic heterocycles. The summed E-state index contributed by atoms with van der Waals surface area (Å²) >= 11 is 0. The zero-order valence-corrected chi connectivity index (χ0v) is 18.0. The van der Waals surface area contributed by atoms with Crippen molar-refractivity contribution in [3.63, 3.8) is 0 Å². The van der Waals surface area contributed by atoms with Gasteiger partial charge in [0.25, 0.3) is 0 Å². The summed E-state index contributed by atoms with van der Waals surface area (Å²) in [5.41, 5.74) is 2.63. The second-order valence-electron chi connectivity index (χ2n) is 7.45. The van der Waals surface area contributed by atoms with Gasteiger partial charge in [0, 0.05) is 33.4 Å². The zero-order valence-electron chi connectivity index (χ0n) is 18.0. The molecule has 4 heteroatoms. The summed E-state index contributed by atoms with van der Waals surface area (Å²) in [7, 11) is 0. The van der Waals surface area contributed by atoms with Crippen molar-refractivity contribution in [1.82, 2.24) is 0 Å². The van der Waals surface area contributed by atoms with Crippen LogP contribution in [-0.4, -0.2) is 23.1 Å². The Morgan fingerprint density at radius 1 is 0.353 bits per heavy atom. The first-order valence-corrected chi connectivity index (χ1v) is 10.5. The highest BCUT2D eigenvalue weighted by atomic mass is 16.2. The molecule has 0 aliphatic rings. The molecule has 0 unspecified atom stereocenters. The zero-order chi connectivity index (χ0) is 23.9. The minimum absolute atomic E-state index is 0.297. The number of carbonyl (C=O) groups excluding carboxylic acids is 4. The summed E-state index contributed by atoms with van der Waals surface area (Å²) in [6.07, 6.45) is 0. The lowest BCUT2D eigenvalue weighted by Crippen LogP contribution is -2.14. The maximum Gasteiger partial charge on any atom is 0.233 e. The van der Waals surface area contributed by atoms with Gasteiger partial charge in [-0.2, -0.15) is 0 Å². The third-order valence-corrected chi connectivity index (χ3v) is 5.13. The molecule has 4 nitrogen and oxygen atoms in total. The van der Waals surface area contributed by atoms with Crippen LogP contribution in [0.25, 0.3) is 0 Å². The van der Waals surface area contributed by atoms with E-state index in [1.54, 1.807) is 109 Å². The summed E-state index contributed by atoms with van der Waals surface area (Å²) in [4.78, 5) is 49.5. The molecule has 0 amide bonds. The first-order chi connectivity index (χ1) is 16.5. The fourth-order valence-electron chi connectivity index (χ4n) is 3.26. The highest BCUT2D eigenvalue weighted by Crippen LogP contribution is 2.11. The van der Waals surface area contributed by atoms with Crippen LogP contribution in [-0.2, 0) is 0 Å².